The van der Waals surface area contributed by atoms with Crippen molar-refractivity contribution in [3.8, 4) is 0 Å². The zero-order valence-corrected chi connectivity index (χ0v) is 13.6. The quantitative estimate of drug-likeness (QED) is 0.757. The maximum atomic E-state index is 13.8. The molecule has 7 heteroatoms. The largest absolute Gasteiger partial charge is 0.366 e. The van der Waals surface area contributed by atoms with Gasteiger partial charge in [0, 0.05) is 17.8 Å². The van der Waals surface area contributed by atoms with E-state index in [4.69, 9.17) is 5.73 Å². The van der Waals surface area contributed by atoms with Crippen molar-refractivity contribution in [2.24, 2.45) is 5.73 Å². The van der Waals surface area contributed by atoms with Gasteiger partial charge >= 0.3 is 0 Å². The summed E-state index contributed by atoms with van der Waals surface area (Å²) in [5.74, 6) is -0.759. The summed E-state index contributed by atoms with van der Waals surface area (Å²) in [6, 6.07) is 2.51. The Hall–Kier alpha value is -2.41. The predicted molar refractivity (Wildman–Crippen MR) is 89.6 cm³/mol. The SMILES string of the molecule is CN1CCCC(c2c[nH]n3c2nc2cc(F)cc(C(N)=O)c23)CC1. The van der Waals surface area contributed by atoms with Crippen LogP contribution < -0.4 is 5.73 Å². The molecule has 2 aromatic heterocycles. The smallest absolute Gasteiger partial charge is 0.251 e. The highest BCUT2D eigenvalue weighted by Crippen LogP contribution is 2.32. The van der Waals surface area contributed by atoms with Gasteiger partial charge in [-0.2, -0.15) is 0 Å². The number of aromatic nitrogens is 3. The number of nitrogens with zero attached hydrogens (tertiary/aromatic N) is 3. The fourth-order valence-corrected chi connectivity index (χ4v) is 3.73. The molecule has 1 saturated heterocycles. The number of aromatic amines is 1. The third-order valence-corrected chi connectivity index (χ3v) is 4.98. The van der Waals surface area contributed by atoms with E-state index in [2.05, 4.69) is 22.0 Å². The van der Waals surface area contributed by atoms with Crippen molar-refractivity contribution in [2.75, 3.05) is 20.1 Å². The van der Waals surface area contributed by atoms with Crippen LogP contribution in [0.15, 0.2) is 18.3 Å². The number of hydrogen-bond acceptors (Lipinski definition) is 3. The zero-order chi connectivity index (χ0) is 16.8. The summed E-state index contributed by atoms with van der Waals surface area (Å²) >= 11 is 0. The molecule has 1 atom stereocenters. The first-order chi connectivity index (χ1) is 11.5. The van der Waals surface area contributed by atoms with Gasteiger partial charge in [-0.15, -0.1) is 0 Å². The summed E-state index contributed by atoms with van der Waals surface area (Å²) in [6.07, 6.45) is 5.24. The first kappa shape index (κ1) is 15.1. The van der Waals surface area contributed by atoms with Crippen LogP contribution >= 0.6 is 0 Å². The molecular formula is C17H20FN5O. The maximum absolute atomic E-state index is 13.8. The number of H-pyrrole nitrogens is 1. The zero-order valence-electron chi connectivity index (χ0n) is 13.6. The minimum atomic E-state index is -0.659. The van der Waals surface area contributed by atoms with Crippen LogP contribution in [-0.4, -0.2) is 45.5 Å². The molecule has 0 bridgehead atoms. The minimum absolute atomic E-state index is 0.145. The number of amides is 1. The number of fused-ring (bicyclic) bond motifs is 3. The number of halogens is 1. The fraction of sp³-hybridized carbons (Fsp3) is 0.412. The van der Waals surface area contributed by atoms with Crippen LogP contribution in [0.1, 0.15) is 41.1 Å². The van der Waals surface area contributed by atoms with Crippen LogP contribution in [0.2, 0.25) is 0 Å². The van der Waals surface area contributed by atoms with Gasteiger partial charge in [-0.1, -0.05) is 0 Å². The molecule has 6 nitrogen and oxygen atoms in total. The second-order valence-electron chi connectivity index (χ2n) is 6.62. The van der Waals surface area contributed by atoms with Crippen molar-refractivity contribution in [1.29, 1.82) is 0 Å². The Bertz CT molecular complexity index is 928. The van der Waals surface area contributed by atoms with Crippen molar-refractivity contribution < 1.29 is 9.18 Å². The lowest BCUT2D eigenvalue weighted by molar-refractivity contribution is 0.100. The number of carbonyl (C=O) groups excluding carboxylic acids is 1. The summed E-state index contributed by atoms with van der Waals surface area (Å²) in [5, 5.41) is 3.17. The molecule has 0 spiro atoms. The summed E-state index contributed by atoms with van der Waals surface area (Å²) < 4.78 is 15.5. The number of carbonyl (C=O) groups is 1. The summed E-state index contributed by atoms with van der Waals surface area (Å²) in [5.41, 5.74) is 8.43. The van der Waals surface area contributed by atoms with E-state index < -0.39 is 11.7 Å². The Kier molecular flexibility index (Phi) is 3.53. The highest BCUT2D eigenvalue weighted by molar-refractivity contribution is 6.05. The monoisotopic (exact) mass is 329 g/mol. The predicted octanol–water partition coefficient (Wildman–Crippen LogP) is 2.25. The van der Waals surface area contributed by atoms with Crippen molar-refractivity contribution in [2.45, 2.75) is 25.2 Å². The Labute approximate surface area is 138 Å². The molecule has 1 unspecified atom stereocenters. The minimum Gasteiger partial charge on any atom is -0.366 e. The molecule has 1 amide bonds. The Balaban J connectivity index is 1.88. The number of imidazole rings is 1. The van der Waals surface area contributed by atoms with Crippen LogP contribution in [0.25, 0.3) is 16.7 Å². The number of likely N-dealkylation sites (tertiary alicyclic amines) is 1. The number of benzene rings is 1. The second kappa shape index (κ2) is 5.59. The molecule has 3 heterocycles. The molecule has 24 heavy (non-hydrogen) atoms. The first-order valence-electron chi connectivity index (χ1n) is 8.22. The highest BCUT2D eigenvalue weighted by Gasteiger charge is 2.23. The van der Waals surface area contributed by atoms with E-state index >= 15 is 0 Å². The number of hydrogen-bond donors (Lipinski definition) is 2. The van der Waals surface area contributed by atoms with E-state index in [-0.39, 0.29) is 5.56 Å². The molecule has 3 aromatic rings. The second-order valence-corrected chi connectivity index (χ2v) is 6.62. The lowest BCUT2D eigenvalue weighted by atomic mass is 9.94. The van der Waals surface area contributed by atoms with Gasteiger partial charge < -0.3 is 10.6 Å². The van der Waals surface area contributed by atoms with Gasteiger partial charge in [-0.05, 0) is 51.4 Å². The summed E-state index contributed by atoms with van der Waals surface area (Å²) in [7, 11) is 2.14. The Morgan fingerprint density at radius 2 is 2.21 bits per heavy atom. The van der Waals surface area contributed by atoms with Crippen LogP contribution in [0.5, 0.6) is 0 Å². The molecular weight excluding hydrogens is 309 g/mol. The first-order valence-corrected chi connectivity index (χ1v) is 8.22. The van der Waals surface area contributed by atoms with E-state index in [1.165, 1.54) is 12.1 Å². The van der Waals surface area contributed by atoms with Crippen molar-refractivity contribution >= 4 is 22.6 Å². The number of nitrogens with two attached hydrogens (primary N) is 1. The average Bonchev–Trinajstić information content (AvgIpc) is 3.00. The molecule has 126 valence electrons. The molecule has 4 rings (SSSR count). The molecule has 3 N–H and O–H groups in total. The van der Waals surface area contributed by atoms with Gasteiger partial charge in [0.15, 0.2) is 5.65 Å². The highest BCUT2D eigenvalue weighted by atomic mass is 19.1. The standard InChI is InChI=1S/C17H20FN5O/c1-22-5-2-3-10(4-6-22)13-9-20-23-15-12(16(19)24)7-11(18)8-14(15)21-17(13)23/h7-10,20H,2-6H2,1H3,(H2,19,24). The molecule has 0 aliphatic carbocycles. The van der Waals surface area contributed by atoms with E-state index in [9.17, 15) is 9.18 Å². The summed E-state index contributed by atoms with van der Waals surface area (Å²) in [6.45, 7) is 2.15. The van der Waals surface area contributed by atoms with Gasteiger partial charge in [0.1, 0.15) is 11.3 Å². The number of rotatable bonds is 2. The van der Waals surface area contributed by atoms with E-state index in [1.807, 2.05) is 6.20 Å². The lowest BCUT2D eigenvalue weighted by Gasteiger charge is -2.13. The Morgan fingerprint density at radius 1 is 1.38 bits per heavy atom. The maximum Gasteiger partial charge on any atom is 0.251 e. The van der Waals surface area contributed by atoms with Crippen molar-refractivity contribution in [3.05, 3.63) is 35.3 Å². The van der Waals surface area contributed by atoms with Crippen LogP contribution in [-0.2, 0) is 0 Å². The van der Waals surface area contributed by atoms with Gasteiger partial charge in [0.2, 0.25) is 0 Å². The normalized spacial score (nSPS) is 19.8. The van der Waals surface area contributed by atoms with Gasteiger partial charge in [0.25, 0.3) is 5.91 Å². The van der Waals surface area contributed by atoms with Crippen molar-refractivity contribution in [3.63, 3.8) is 0 Å². The fourth-order valence-electron chi connectivity index (χ4n) is 3.73. The van der Waals surface area contributed by atoms with Gasteiger partial charge in [0.05, 0.1) is 11.1 Å². The van der Waals surface area contributed by atoms with Crippen LogP contribution in [0.3, 0.4) is 0 Å². The number of primary amides is 1. The third kappa shape index (κ3) is 2.36. The van der Waals surface area contributed by atoms with Crippen LogP contribution in [0.4, 0.5) is 4.39 Å². The molecule has 0 radical (unpaired) electrons. The molecule has 1 aliphatic rings. The van der Waals surface area contributed by atoms with Gasteiger partial charge in [-0.3, -0.25) is 9.89 Å². The Morgan fingerprint density at radius 3 is 3.00 bits per heavy atom. The number of nitrogens with one attached hydrogen (secondary N) is 1. The van der Waals surface area contributed by atoms with Crippen LogP contribution in [0, 0.1) is 5.82 Å². The van der Waals surface area contributed by atoms with Gasteiger partial charge in [-0.25, -0.2) is 13.9 Å². The molecule has 1 aromatic carbocycles. The molecule has 1 aliphatic heterocycles. The summed E-state index contributed by atoms with van der Waals surface area (Å²) in [4.78, 5) is 18.6. The van der Waals surface area contributed by atoms with E-state index in [0.717, 1.165) is 43.6 Å². The molecule has 1 fully saturated rings. The average molecular weight is 329 g/mol. The topological polar surface area (TPSA) is 79.4 Å². The lowest BCUT2D eigenvalue weighted by Crippen LogP contribution is -2.18. The van der Waals surface area contributed by atoms with E-state index in [0.29, 0.717) is 17.0 Å². The van der Waals surface area contributed by atoms with E-state index in [1.54, 1.807) is 4.52 Å². The third-order valence-electron chi connectivity index (χ3n) is 4.98. The van der Waals surface area contributed by atoms with Crippen molar-refractivity contribution in [1.82, 2.24) is 19.5 Å². The molecule has 0 saturated carbocycles.